The summed E-state index contributed by atoms with van der Waals surface area (Å²) in [4.78, 5) is 24.7. The zero-order chi connectivity index (χ0) is 13.0. The lowest BCUT2D eigenvalue weighted by atomic mass is 10.1. The van der Waals surface area contributed by atoms with E-state index in [0.29, 0.717) is 16.9 Å². The van der Waals surface area contributed by atoms with Crippen molar-refractivity contribution >= 4 is 11.9 Å². The molecule has 0 unspecified atom stereocenters. The molecule has 0 radical (unpaired) electrons. The maximum atomic E-state index is 11.9. The van der Waals surface area contributed by atoms with Crippen molar-refractivity contribution in [2.24, 2.45) is 0 Å². The van der Waals surface area contributed by atoms with E-state index in [1.54, 1.807) is 26.2 Å². The fourth-order valence-corrected chi connectivity index (χ4v) is 1.36. The number of nitrogens with zero attached hydrogens (tertiary/aromatic N) is 1. The Morgan fingerprint density at radius 3 is 2.29 bits per heavy atom. The van der Waals surface area contributed by atoms with Gasteiger partial charge in [0.1, 0.15) is 5.75 Å². The molecule has 0 aliphatic rings. The van der Waals surface area contributed by atoms with Crippen molar-refractivity contribution in [1.82, 2.24) is 4.90 Å². The molecule has 5 nitrogen and oxygen atoms in total. The molecule has 0 spiro atoms. The van der Waals surface area contributed by atoms with Crippen LogP contribution in [-0.4, -0.2) is 45.1 Å². The third-order valence-electron chi connectivity index (χ3n) is 2.26. The summed E-state index contributed by atoms with van der Waals surface area (Å²) in [6, 6.07) is 4.59. The van der Waals surface area contributed by atoms with Crippen LogP contribution in [0, 0.1) is 0 Å². The summed E-state index contributed by atoms with van der Waals surface area (Å²) in [5.41, 5.74) is 0.652. The number of benzene rings is 1. The highest BCUT2D eigenvalue weighted by molar-refractivity contribution is 6.00. The van der Waals surface area contributed by atoms with Gasteiger partial charge in [0, 0.05) is 14.1 Å². The fourth-order valence-electron chi connectivity index (χ4n) is 1.36. The molecule has 0 saturated heterocycles. The van der Waals surface area contributed by atoms with Crippen molar-refractivity contribution in [3.63, 3.8) is 0 Å². The first-order valence-electron chi connectivity index (χ1n) is 4.99. The Labute approximate surface area is 99.9 Å². The maximum Gasteiger partial charge on any atom is 0.337 e. The second-order valence-corrected chi connectivity index (χ2v) is 3.61. The van der Waals surface area contributed by atoms with Crippen molar-refractivity contribution in [1.29, 1.82) is 0 Å². The molecule has 0 saturated carbocycles. The van der Waals surface area contributed by atoms with Crippen LogP contribution >= 0.6 is 0 Å². The Morgan fingerprint density at radius 1 is 1.18 bits per heavy atom. The van der Waals surface area contributed by atoms with Crippen LogP contribution in [0.1, 0.15) is 20.7 Å². The van der Waals surface area contributed by atoms with E-state index >= 15 is 0 Å². The Bertz CT molecular complexity index is 440. The average Bonchev–Trinajstić information content (AvgIpc) is 2.35. The minimum Gasteiger partial charge on any atom is -0.496 e. The summed E-state index contributed by atoms with van der Waals surface area (Å²) in [6.45, 7) is 0. The highest BCUT2D eigenvalue weighted by atomic mass is 16.5. The van der Waals surface area contributed by atoms with E-state index in [0.717, 1.165) is 0 Å². The minimum absolute atomic E-state index is 0.229. The number of hydrogen-bond acceptors (Lipinski definition) is 4. The van der Waals surface area contributed by atoms with Crippen molar-refractivity contribution < 1.29 is 19.1 Å². The quantitative estimate of drug-likeness (QED) is 0.741. The van der Waals surface area contributed by atoms with Crippen LogP contribution in [-0.2, 0) is 4.74 Å². The zero-order valence-electron chi connectivity index (χ0n) is 10.3. The van der Waals surface area contributed by atoms with E-state index in [9.17, 15) is 9.59 Å². The molecule has 92 valence electrons. The third kappa shape index (κ3) is 2.75. The topological polar surface area (TPSA) is 55.8 Å². The molecular weight excluding hydrogens is 222 g/mol. The van der Waals surface area contributed by atoms with Gasteiger partial charge < -0.3 is 14.4 Å². The summed E-state index contributed by atoms with van der Waals surface area (Å²) < 4.78 is 9.69. The Balaban J connectivity index is 3.24. The van der Waals surface area contributed by atoms with Crippen LogP contribution in [0.15, 0.2) is 18.2 Å². The van der Waals surface area contributed by atoms with Crippen LogP contribution < -0.4 is 4.74 Å². The molecule has 0 fully saturated rings. The molecule has 0 N–H and O–H groups in total. The average molecular weight is 237 g/mol. The predicted octanol–water partition coefficient (Wildman–Crippen LogP) is 1.18. The van der Waals surface area contributed by atoms with E-state index in [4.69, 9.17) is 4.74 Å². The van der Waals surface area contributed by atoms with Gasteiger partial charge in [0.05, 0.1) is 25.3 Å². The number of rotatable bonds is 3. The summed E-state index contributed by atoms with van der Waals surface area (Å²) >= 11 is 0. The molecule has 0 bridgehead atoms. The lowest BCUT2D eigenvalue weighted by Crippen LogP contribution is -2.22. The van der Waals surface area contributed by atoms with Gasteiger partial charge >= 0.3 is 5.97 Å². The first kappa shape index (κ1) is 13.0. The number of hydrogen-bond donors (Lipinski definition) is 0. The second-order valence-electron chi connectivity index (χ2n) is 3.61. The van der Waals surface area contributed by atoms with Gasteiger partial charge in [0.25, 0.3) is 5.91 Å². The molecule has 1 aromatic rings. The largest absolute Gasteiger partial charge is 0.496 e. The van der Waals surface area contributed by atoms with Crippen molar-refractivity contribution in [3.8, 4) is 5.75 Å². The van der Waals surface area contributed by atoms with E-state index in [-0.39, 0.29) is 5.91 Å². The normalized spacial score (nSPS) is 9.65. The molecule has 0 aromatic heterocycles. The number of methoxy groups -OCH3 is 2. The molecule has 1 rings (SSSR count). The summed E-state index contributed by atoms with van der Waals surface area (Å²) in [5, 5.41) is 0. The van der Waals surface area contributed by atoms with Gasteiger partial charge in [-0.2, -0.15) is 0 Å². The Hall–Kier alpha value is -2.04. The maximum absolute atomic E-state index is 11.9. The summed E-state index contributed by atoms with van der Waals surface area (Å²) in [6.07, 6.45) is 0. The van der Waals surface area contributed by atoms with Gasteiger partial charge in [-0.25, -0.2) is 4.79 Å². The van der Waals surface area contributed by atoms with Crippen LogP contribution in [0.25, 0.3) is 0 Å². The van der Waals surface area contributed by atoms with E-state index in [1.807, 2.05) is 0 Å². The van der Waals surface area contributed by atoms with Crippen molar-refractivity contribution in [2.75, 3.05) is 28.3 Å². The SMILES string of the molecule is COC(=O)c1ccc(OC)c(C(=O)N(C)C)c1. The third-order valence-corrected chi connectivity index (χ3v) is 2.26. The van der Waals surface area contributed by atoms with E-state index in [1.165, 1.54) is 25.2 Å². The fraction of sp³-hybridized carbons (Fsp3) is 0.333. The lowest BCUT2D eigenvalue weighted by molar-refractivity contribution is 0.0600. The Morgan fingerprint density at radius 2 is 1.82 bits per heavy atom. The van der Waals surface area contributed by atoms with Crippen molar-refractivity contribution in [3.05, 3.63) is 29.3 Å². The first-order valence-corrected chi connectivity index (χ1v) is 4.99. The molecule has 1 aromatic carbocycles. The number of esters is 1. The van der Waals surface area contributed by atoms with Gasteiger partial charge in [-0.3, -0.25) is 4.79 Å². The van der Waals surface area contributed by atoms with Crippen LogP contribution in [0.3, 0.4) is 0 Å². The van der Waals surface area contributed by atoms with Crippen LogP contribution in [0.5, 0.6) is 5.75 Å². The Kier molecular flexibility index (Phi) is 4.09. The number of carbonyl (C=O) groups is 2. The molecule has 0 atom stereocenters. The highest BCUT2D eigenvalue weighted by Gasteiger charge is 2.17. The first-order chi connectivity index (χ1) is 8.01. The van der Waals surface area contributed by atoms with Crippen LogP contribution in [0.4, 0.5) is 0 Å². The van der Waals surface area contributed by atoms with Crippen molar-refractivity contribution in [2.45, 2.75) is 0 Å². The molecule has 17 heavy (non-hydrogen) atoms. The van der Waals surface area contributed by atoms with Gasteiger partial charge in [0.15, 0.2) is 0 Å². The lowest BCUT2D eigenvalue weighted by Gasteiger charge is -2.14. The molecule has 1 amide bonds. The van der Waals surface area contributed by atoms with Gasteiger partial charge in [-0.1, -0.05) is 0 Å². The molecule has 5 heteroatoms. The highest BCUT2D eigenvalue weighted by Crippen LogP contribution is 2.21. The van der Waals surface area contributed by atoms with Gasteiger partial charge in [0.2, 0.25) is 0 Å². The summed E-state index contributed by atoms with van der Waals surface area (Å²) in [7, 11) is 6.03. The molecule has 0 heterocycles. The van der Waals surface area contributed by atoms with Gasteiger partial charge in [-0.15, -0.1) is 0 Å². The second kappa shape index (κ2) is 5.34. The van der Waals surface area contributed by atoms with Crippen LogP contribution in [0.2, 0.25) is 0 Å². The molecule has 0 aliphatic heterocycles. The standard InChI is InChI=1S/C12H15NO4/c1-13(2)11(14)9-7-8(12(15)17-4)5-6-10(9)16-3/h5-7H,1-4H3. The van der Waals surface area contributed by atoms with E-state index in [2.05, 4.69) is 4.74 Å². The summed E-state index contributed by atoms with van der Waals surface area (Å²) in [5.74, 6) is -0.288. The van der Waals surface area contributed by atoms with Gasteiger partial charge in [-0.05, 0) is 18.2 Å². The predicted molar refractivity (Wildman–Crippen MR) is 62.4 cm³/mol. The number of ether oxygens (including phenoxy) is 2. The number of amides is 1. The smallest absolute Gasteiger partial charge is 0.337 e. The molecule has 0 aliphatic carbocycles. The van der Waals surface area contributed by atoms with E-state index < -0.39 is 5.97 Å². The monoisotopic (exact) mass is 237 g/mol. The zero-order valence-corrected chi connectivity index (χ0v) is 10.3. The number of carbonyl (C=O) groups excluding carboxylic acids is 2. The molecular formula is C12H15NO4. The minimum atomic E-state index is -0.486.